The molecule has 0 aromatic heterocycles. The van der Waals surface area contributed by atoms with E-state index < -0.39 is 17.5 Å². The third-order valence-corrected chi connectivity index (χ3v) is 6.87. The number of imide groups is 1. The Hall–Kier alpha value is -2.97. The van der Waals surface area contributed by atoms with E-state index in [1.165, 1.54) is 21.3 Å². The summed E-state index contributed by atoms with van der Waals surface area (Å²) in [6.45, 7) is 6.42. The van der Waals surface area contributed by atoms with Gasteiger partial charge in [0.1, 0.15) is 17.8 Å². The van der Waals surface area contributed by atoms with Crippen LogP contribution in [0.2, 0.25) is 0 Å². The Morgan fingerprint density at radius 1 is 1.06 bits per heavy atom. The fourth-order valence-corrected chi connectivity index (χ4v) is 4.76. The summed E-state index contributed by atoms with van der Waals surface area (Å²) in [4.78, 5) is 39.3. The summed E-state index contributed by atoms with van der Waals surface area (Å²) in [6.07, 6.45) is 2.93. The minimum absolute atomic E-state index is 0.143. The number of nitrogens with zero attached hydrogens (tertiary/aromatic N) is 1. The molecule has 1 aliphatic heterocycles. The van der Waals surface area contributed by atoms with E-state index >= 15 is 0 Å². The second kappa shape index (κ2) is 9.49. The number of nitrogens with one attached hydrogen (secondary N) is 2. The third-order valence-electron chi connectivity index (χ3n) is 6.87. The maximum atomic E-state index is 13.1. The Labute approximate surface area is 195 Å². The van der Waals surface area contributed by atoms with Crippen LogP contribution in [0.5, 0.6) is 17.2 Å². The van der Waals surface area contributed by atoms with Crippen LogP contribution in [0.25, 0.3) is 0 Å². The van der Waals surface area contributed by atoms with Crippen molar-refractivity contribution in [1.29, 1.82) is 0 Å². The van der Waals surface area contributed by atoms with Crippen LogP contribution >= 0.6 is 0 Å². The molecule has 2 fully saturated rings. The molecule has 4 amide bonds. The number of ether oxygens (including phenoxy) is 3. The summed E-state index contributed by atoms with van der Waals surface area (Å²) in [6, 6.07) is 2.89. The molecule has 0 atom stereocenters. The van der Waals surface area contributed by atoms with Gasteiger partial charge in [0, 0.05) is 18.2 Å². The average Bonchev–Trinajstić information content (AvgIpc) is 3.00. The lowest BCUT2D eigenvalue weighted by Crippen LogP contribution is -2.51. The molecule has 0 unspecified atom stereocenters. The van der Waals surface area contributed by atoms with Gasteiger partial charge in [0.25, 0.3) is 5.91 Å². The number of methoxy groups -OCH3 is 3. The van der Waals surface area contributed by atoms with Gasteiger partial charge < -0.3 is 24.8 Å². The summed E-state index contributed by atoms with van der Waals surface area (Å²) in [7, 11) is 4.57. The maximum absolute atomic E-state index is 13.1. The number of urea groups is 1. The van der Waals surface area contributed by atoms with Crippen molar-refractivity contribution in [2.45, 2.75) is 58.5 Å². The zero-order valence-corrected chi connectivity index (χ0v) is 20.4. The Kier molecular flexibility index (Phi) is 7.09. The van der Waals surface area contributed by atoms with E-state index in [0.717, 1.165) is 17.7 Å². The van der Waals surface area contributed by atoms with Gasteiger partial charge in [0.2, 0.25) is 5.91 Å². The first-order valence-corrected chi connectivity index (χ1v) is 11.2. The summed E-state index contributed by atoms with van der Waals surface area (Å²) in [5.74, 6) is 1.30. The number of amides is 4. The minimum Gasteiger partial charge on any atom is -0.496 e. The molecule has 2 aliphatic rings. The first-order chi connectivity index (χ1) is 15.5. The van der Waals surface area contributed by atoms with E-state index in [9.17, 15) is 14.4 Å². The predicted molar refractivity (Wildman–Crippen MR) is 122 cm³/mol. The van der Waals surface area contributed by atoms with Crippen molar-refractivity contribution in [2.24, 2.45) is 11.3 Å². The van der Waals surface area contributed by atoms with E-state index in [2.05, 4.69) is 31.4 Å². The first-order valence-electron chi connectivity index (χ1n) is 11.2. The SMILES string of the molecule is COc1cc(OC)c(OC)cc1CNC(=O)CN1C(=O)NC2(CCC(C(C)(C)C)CC2)C1=O. The van der Waals surface area contributed by atoms with E-state index in [4.69, 9.17) is 14.2 Å². The molecule has 3 rings (SSSR count). The van der Waals surface area contributed by atoms with Crippen molar-refractivity contribution < 1.29 is 28.6 Å². The van der Waals surface area contributed by atoms with Crippen molar-refractivity contribution in [3.05, 3.63) is 17.7 Å². The predicted octanol–water partition coefficient (Wildman–Crippen LogP) is 2.86. The van der Waals surface area contributed by atoms with E-state index in [1.807, 2.05) is 0 Å². The molecule has 9 nitrogen and oxygen atoms in total. The zero-order valence-electron chi connectivity index (χ0n) is 20.4. The van der Waals surface area contributed by atoms with Gasteiger partial charge in [-0.05, 0) is 43.1 Å². The number of rotatable bonds is 7. The Morgan fingerprint density at radius 2 is 1.64 bits per heavy atom. The summed E-state index contributed by atoms with van der Waals surface area (Å²) in [5, 5.41) is 5.63. The van der Waals surface area contributed by atoms with Crippen molar-refractivity contribution >= 4 is 17.8 Å². The average molecular weight is 462 g/mol. The van der Waals surface area contributed by atoms with E-state index in [-0.39, 0.29) is 24.4 Å². The number of carbonyl (C=O) groups is 3. The Balaban J connectivity index is 1.62. The zero-order chi connectivity index (χ0) is 24.4. The highest BCUT2D eigenvalue weighted by atomic mass is 16.5. The topological polar surface area (TPSA) is 106 Å². The van der Waals surface area contributed by atoms with Gasteiger partial charge >= 0.3 is 6.03 Å². The molecule has 1 saturated heterocycles. The lowest BCUT2D eigenvalue weighted by atomic mass is 9.67. The van der Waals surface area contributed by atoms with Crippen LogP contribution in [0.3, 0.4) is 0 Å². The fraction of sp³-hybridized carbons (Fsp3) is 0.625. The number of benzene rings is 1. The van der Waals surface area contributed by atoms with Gasteiger partial charge in [-0.25, -0.2) is 4.79 Å². The molecule has 182 valence electrons. The van der Waals surface area contributed by atoms with Gasteiger partial charge in [-0.2, -0.15) is 0 Å². The highest BCUT2D eigenvalue weighted by Crippen LogP contribution is 2.43. The standard InChI is InChI=1S/C24H35N3O6/c1-23(2,3)16-7-9-24(10-8-16)21(29)27(22(30)26-24)14-20(28)25-13-15-11-18(32-5)19(33-6)12-17(15)31-4/h11-12,16H,7-10,13-14H2,1-6H3,(H,25,28)(H,26,30). The first kappa shape index (κ1) is 24.7. The molecule has 9 heteroatoms. The molecule has 1 aliphatic carbocycles. The van der Waals surface area contributed by atoms with Crippen LogP contribution in [0.15, 0.2) is 12.1 Å². The fourth-order valence-electron chi connectivity index (χ4n) is 4.76. The summed E-state index contributed by atoms with van der Waals surface area (Å²) < 4.78 is 16.0. The van der Waals surface area contributed by atoms with Crippen molar-refractivity contribution in [1.82, 2.24) is 15.5 Å². The summed E-state index contributed by atoms with van der Waals surface area (Å²) >= 11 is 0. The largest absolute Gasteiger partial charge is 0.496 e. The molecule has 0 radical (unpaired) electrons. The lowest BCUT2D eigenvalue weighted by Gasteiger charge is -2.40. The van der Waals surface area contributed by atoms with Gasteiger partial charge in [0.05, 0.1) is 21.3 Å². The van der Waals surface area contributed by atoms with Gasteiger partial charge in [0.15, 0.2) is 11.5 Å². The molecule has 2 N–H and O–H groups in total. The number of hydrogen-bond donors (Lipinski definition) is 2. The highest BCUT2D eigenvalue weighted by Gasteiger charge is 2.53. The van der Waals surface area contributed by atoms with Crippen LogP contribution in [-0.2, 0) is 16.1 Å². The van der Waals surface area contributed by atoms with Crippen LogP contribution in [0.4, 0.5) is 4.79 Å². The van der Waals surface area contributed by atoms with Gasteiger partial charge in [-0.15, -0.1) is 0 Å². The molecule has 33 heavy (non-hydrogen) atoms. The van der Waals surface area contributed by atoms with Crippen LogP contribution in [-0.4, -0.2) is 56.2 Å². The van der Waals surface area contributed by atoms with Crippen molar-refractivity contribution in [3.8, 4) is 17.2 Å². The quantitative estimate of drug-likeness (QED) is 0.605. The molecule has 1 aromatic carbocycles. The molecule has 1 heterocycles. The maximum Gasteiger partial charge on any atom is 0.325 e. The molecule has 1 spiro atoms. The van der Waals surface area contributed by atoms with E-state index in [1.54, 1.807) is 12.1 Å². The molecule has 1 aromatic rings. The normalized spacial score (nSPS) is 22.8. The summed E-state index contributed by atoms with van der Waals surface area (Å²) in [5.41, 5.74) is -0.0401. The molecular weight excluding hydrogens is 426 g/mol. The number of carbonyl (C=O) groups excluding carboxylic acids is 3. The Bertz CT molecular complexity index is 916. The van der Waals surface area contributed by atoms with Crippen molar-refractivity contribution in [3.63, 3.8) is 0 Å². The van der Waals surface area contributed by atoms with Crippen LogP contribution in [0.1, 0.15) is 52.0 Å². The monoisotopic (exact) mass is 461 g/mol. The van der Waals surface area contributed by atoms with Crippen LogP contribution in [0, 0.1) is 11.3 Å². The molecule has 0 bridgehead atoms. The third kappa shape index (κ3) is 5.02. The second-order valence-electron chi connectivity index (χ2n) is 9.84. The van der Waals surface area contributed by atoms with Gasteiger partial charge in [-0.1, -0.05) is 20.8 Å². The molecular formula is C24H35N3O6. The Morgan fingerprint density at radius 3 is 2.18 bits per heavy atom. The lowest BCUT2D eigenvalue weighted by molar-refractivity contribution is -0.136. The molecule has 1 saturated carbocycles. The van der Waals surface area contributed by atoms with E-state index in [0.29, 0.717) is 41.6 Å². The minimum atomic E-state index is -0.883. The smallest absolute Gasteiger partial charge is 0.325 e. The second-order valence-corrected chi connectivity index (χ2v) is 9.84. The van der Waals surface area contributed by atoms with Gasteiger partial charge in [-0.3, -0.25) is 14.5 Å². The highest BCUT2D eigenvalue weighted by molar-refractivity contribution is 6.09. The number of hydrogen-bond acceptors (Lipinski definition) is 6. The van der Waals surface area contributed by atoms with Crippen molar-refractivity contribution in [2.75, 3.05) is 27.9 Å². The van der Waals surface area contributed by atoms with Crippen LogP contribution < -0.4 is 24.8 Å².